The SMILES string of the molecule is CCCSCc1nc(CC(=O)Nc2ccccc2C)no1. The molecule has 0 saturated heterocycles. The van der Waals surface area contributed by atoms with Crippen molar-refractivity contribution in [3.8, 4) is 0 Å². The molecule has 0 aliphatic heterocycles. The zero-order valence-corrected chi connectivity index (χ0v) is 13.1. The van der Waals surface area contributed by atoms with Crippen LogP contribution in [0.25, 0.3) is 0 Å². The summed E-state index contributed by atoms with van der Waals surface area (Å²) in [4.78, 5) is 16.2. The second-order valence-corrected chi connectivity index (χ2v) is 5.80. The first-order valence-corrected chi connectivity index (χ1v) is 8.09. The van der Waals surface area contributed by atoms with E-state index in [1.54, 1.807) is 11.8 Å². The number of rotatable bonds is 7. The molecule has 6 heteroatoms. The molecule has 0 fully saturated rings. The van der Waals surface area contributed by atoms with Crippen LogP contribution < -0.4 is 5.32 Å². The second kappa shape index (κ2) is 7.83. The van der Waals surface area contributed by atoms with E-state index in [1.807, 2.05) is 31.2 Å². The number of aryl methyl sites for hydroxylation is 1. The van der Waals surface area contributed by atoms with E-state index in [4.69, 9.17) is 4.52 Å². The number of hydrogen-bond acceptors (Lipinski definition) is 5. The lowest BCUT2D eigenvalue weighted by molar-refractivity contribution is -0.115. The number of carbonyl (C=O) groups is 1. The molecule has 0 unspecified atom stereocenters. The fourth-order valence-electron chi connectivity index (χ4n) is 1.78. The predicted molar refractivity (Wildman–Crippen MR) is 84.3 cm³/mol. The maximum Gasteiger partial charge on any atom is 0.236 e. The van der Waals surface area contributed by atoms with E-state index in [0.717, 1.165) is 23.4 Å². The Morgan fingerprint density at radius 3 is 2.95 bits per heavy atom. The fourth-order valence-corrected chi connectivity index (χ4v) is 2.50. The van der Waals surface area contributed by atoms with E-state index in [9.17, 15) is 4.79 Å². The van der Waals surface area contributed by atoms with Crippen molar-refractivity contribution in [3.63, 3.8) is 0 Å². The highest BCUT2D eigenvalue weighted by molar-refractivity contribution is 7.98. The molecule has 1 aromatic carbocycles. The maximum atomic E-state index is 12.0. The fraction of sp³-hybridized carbons (Fsp3) is 0.400. The highest BCUT2D eigenvalue weighted by Gasteiger charge is 2.11. The average molecular weight is 305 g/mol. The van der Waals surface area contributed by atoms with Gasteiger partial charge in [-0.05, 0) is 30.7 Å². The van der Waals surface area contributed by atoms with Crippen LogP contribution in [0.1, 0.15) is 30.6 Å². The van der Waals surface area contributed by atoms with Gasteiger partial charge in [0, 0.05) is 5.69 Å². The lowest BCUT2D eigenvalue weighted by Gasteiger charge is -2.06. The third-order valence-electron chi connectivity index (χ3n) is 2.82. The summed E-state index contributed by atoms with van der Waals surface area (Å²) in [5, 5.41) is 6.69. The monoisotopic (exact) mass is 305 g/mol. The molecular weight excluding hydrogens is 286 g/mol. The zero-order valence-electron chi connectivity index (χ0n) is 12.3. The molecule has 0 saturated carbocycles. The summed E-state index contributed by atoms with van der Waals surface area (Å²) < 4.78 is 5.12. The van der Waals surface area contributed by atoms with Gasteiger partial charge in [0.1, 0.15) is 0 Å². The van der Waals surface area contributed by atoms with Gasteiger partial charge < -0.3 is 9.84 Å². The molecule has 0 aliphatic carbocycles. The number of nitrogens with zero attached hydrogens (tertiary/aromatic N) is 2. The van der Waals surface area contributed by atoms with E-state index in [-0.39, 0.29) is 12.3 Å². The number of anilines is 1. The number of para-hydroxylation sites is 1. The van der Waals surface area contributed by atoms with Crippen molar-refractivity contribution in [1.82, 2.24) is 10.1 Å². The molecule has 112 valence electrons. The van der Waals surface area contributed by atoms with Crippen molar-refractivity contribution < 1.29 is 9.32 Å². The maximum absolute atomic E-state index is 12.0. The van der Waals surface area contributed by atoms with E-state index >= 15 is 0 Å². The van der Waals surface area contributed by atoms with Crippen LogP contribution in [0.3, 0.4) is 0 Å². The van der Waals surface area contributed by atoms with Crippen molar-refractivity contribution in [2.75, 3.05) is 11.1 Å². The van der Waals surface area contributed by atoms with Gasteiger partial charge in [-0.25, -0.2) is 0 Å². The number of hydrogen-bond donors (Lipinski definition) is 1. The van der Waals surface area contributed by atoms with Gasteiger partial charge in [-0.15, -0.1) is 0 Å². The van der Waals surface area contributed by atoms with E-state index in [2.05, 4.69) is 22.4 Å². The summed E-state index contributed by atoms with van der Waals surface area (Å²) in [6, 6.07) is 7.65. The van der Waals surface area contributed by atoms with Crippen LogP contribution in [0, 0.1) is 6.92 Å². The van der Waals surface area contributed by atoms with Crippen LogP contribution in [-0.4, -0.2) is 21.8 Å². The van der Waals surface area contributed by atoms with Gasteiger partial charge in [0.25, 0.3) is 0 Å². The van der Waals surface area contributed by atoms with Crippen LogP contribution in [0.2, 0.25) is 0 Å². The molecule has 21 heavy (non-hydrogen) atoms. The van der Waals surface area contributed by atoms with Crippen molar-refractivity contribution in [2.24, 2.45) is 0 Å². The molecule has 1 aromatic heterocycles. The van der Waals surface area contributed by atoms with Gasteiger partial charge in [-0.2, -0.15) is 16.7 Å². The predicted octanol–water partition coefficient (Wildman–Crippen LogP) is 3.20. The van der Waals surface area contributed by atoms with Crippen molar-refractivity contribution in [1.29, 1.82) is 0 Å². The summed E-state index contributed by atoms with van der Waals surface area (Å²) in [5.41, 5.74) is 1.83. The van der Waals surface area contributed by atoms with Crippen molar-refractivity contribution in [2.45, 2.75) is 32.4 Å². The molecule has 0 aliphatic rings. The Labute approximate surface area is 128 Å². The van der Waals surface area contributed by atoms with Crippen LogP contribution in [0.15, 0.2) is 28.8 Å². The topological polar surface area (TPSA) is 68.0 Å². The Bertz CT molecular complexity index is 598. The molecule has 0 bridgehead atoms. The average Bonchev–Trinajstić information content (AvgIpc) is 2.89. The summed E-state index contributed by atoms with van der Waals surface area (Å²) in [6.45, 7) is 4.08. The lowest BCUT2D eigenvalue weighted by Crippen LogP contribution is -2.15. The quantitative estimate of drug-likeness (QED) is 0.796. The first-order valence-electron chi connectivity index (χ1n) is 6.93. The van der Waals surface area contributed by atoms with Crippen molar-refractivity contribution in [3.05, 3.63) is 41.5 Å². The third-order valence-corrected chi connectivity index (χ3v) is 3.97. The van der Waals surface area contributed by atoms with Gasteiger partial charge in [0.15, 0.2) is 5.82 Å². The Morgan fingerprint density at radius 2 is 2.19 bits per heavy atom. The van der Waals surface area contributed by atoms with Gasteiger partial charge in [0.2, 0.25) is 11.8 Å². The number of nitrogens with one attached hydrogen (secondary N) is 1. The molecule has 1 heterocycles. The number of amides is 1. The van der Waals surface area contributed by atoms with Gasteiger partial charge in [0.05, 0.1) is 12.2 Å². The van der Waals surface area contributed by atoms with E-state index < -0.39 is 0 Å². The smallest absolute Gasteiger partial charge is 0.236 e. The van der Waals surface area contributed by atoms with Crippen LogP contribution in [-0.2, 0) is 17.0 Å². The molecular formula is C15H19N3O2S. The Kier molecular flexibility index (Phi) is 5.80. The molecule has 1 N–H and O–H groups in total. The zero-order chi connectivity index (χ0) is 15.1. The highest BCUT2D eigenvalue weighted by atomic mass is 32.2. The highest BCUT2D eigenvalue weighted by Crippen LogP contribution is 2.14. The standard InChI is InChI=1S/C15H19N3O2S/c1-3-8-21-10-15-17-13(18-20-15)9-14(19)16-12-7-5-4-6-11(12)2/h4-7H,3,8-10H2,1-2H3,(H,16,19). The summed E-state index contributed by atoms with van der Waals surface area (Å²) in [7, 11) is 0. The number of aromatic nitrogens is 2. The molecule has 0 radical (unpaired) electrons. The Morgan fingerprint density at radius 1 is 1.38 bits per heavy atom. The Balaban J connectivity index is 1.87. The first-order chi connectivity index (χ1) is 10.2. The number of carbonyl (C=O) groups excluding carboxylic acids is 1. The minimum atomic E-state index is -0.141. The van der Waals surface area contributed by atoms with Gasteiger partial charge >= 0.3 is 0 Å². The second-order valence-electron chi connectivity index (χ2n) is 4.70. The van der Waals surface area contributed by atoms with E-state index in [0.29, 0.717) is 17.5 Å². The van der Waals surface area contributed by atoms with Crippen LogP contribution in [0.4, 0.5) is 5.69 Å². The largest absolute Gasteiger partial charge is 0.338 e. The molecule has 2 aromatic rings. The summed E-state index contributed by atoms with van der Waals surface area (Å²) in [6.07, 6.45) is 1.24. The summed E-state index contributed by atoms with van der Waals surface area (Å²) >= 11 is 1.75. The summed E-state index contributed by atoms with van der Waals surface area (Å²) in [5.74, 6) is 2.62. The molecule has 5 nitrogen and oxygen atoms in total. The lowest BCUT2D eigenvalue weighted by atomic mass is 10.2. The Hall–Kier alpha value is -1.82. The molecule has 0 atom stereocenters. The van der Waals surface area contributed by atoms with E-state index in [1.165, 1.54) is 0 Å². The molecule has 0 spiro atoms. The van der Waals surface area contributed by atoms with Gasteiger partial charge in [-0.1, -0.05) is 30.3 Å². The van der Waals surface area contributed by atoms with Crippen molar-refractivity contribution >= 4 is 23.4 Å². The third kappa shape index (κ3) is 4.90. The number of benzene rings is 1. The minimum absolute atomic E-state index is 0.121. The minimum Gasteiger partial charge on any atom is -0.338 e. The normalized spacial score (nSPS) is 10.6. The first kappa shape index (κ1) is 15.6. The van der Waals surface area contributed by atoms with Crippen LogP contribution in [0.5, 0.6) is 0 Å². The van der Waals surface area contributed by atoms with Gasteiger partial charge in [-0.3, -0.25) is 4.79 Å². The molecule has 1 amide bonds. The molecule has 2 rings (SSSR count). The number of thioether (sulfide) groups is 1. The van der Waals surface area contributed by atoms with Crippen LogP contribution >= 0.6 is 11.8 Å².